The zero-order valence-corrected chi connectivity index (χ0v) is 28.5. The van der Waals surface area contributed by atoms with Gasteiger partial charge in [0.15, 0.2) is 0 Å². The minimum absolute atomic E-state index is 0.0136. The van der Waals surface area contributed by atoms with Gasteiger partial charge in [-0.3, -0.25) is 19.2 Å². The number of carbonyl (C=O) groups excluding carboxylic acids is 4. The molecule has 1 fully saturated rings. The molecule has 0 saturated carbocycles. The number of methoxy groups -OCH3 is 1. The van der Waals surface area contributed by atoms with Gasteiger partial charge in [-0.05, 0) is 67.6 Å². The van der Waals surface area contributed by atoms with Gasteiger partial charge in [0.25, 0.3) is 11.8 Å². The fourth-order valence-electron chi connectivity index (χ4n) is 6.15. The van der Waals surface area contributed by atoms with E-state index in [2.05, 4.69) is 10.2 Å². The van der Waals surface area contributed by atoms with E-state index in [1.54, 1.807) is 47.4 Å². The van der Waals surface area contributed by atoms with Crippen molar-refractivity contribution in [2.24, 2.45) is 0 Å². The van der Waals surface area contributed by atoms with E-state index in [4.69, 9.17) is 16.3 Å². The molecular formula is C38H38ClN5O5. The fraction of sp³-hybridized carbons (Fsp3) is 0.263. The summed E-state index contributed by atoms with van der Waals surface area (Å²) in [6.45, 7) is 4.66. The van der Waals surface area contributed by atoms with Crippen LogP contribution in [0.15, 0.2) is 84.9 Å². The van der Waals surface area contributed by atoms with E-state index in [9.17, 15) is 19.2 Å². The predicted octanol–water partition coefficient (Wildman–Crippen LogP) is 5.73. The number of nitrogens with one attached hydrogen (secondary N) is 1. The molecule has 10 nitrogen and oxygen atoms in total. The van der Waals surface area contributed by atoms with Crippen molar-refractivity contribution in [2.45, 2.75) is 13.3 Å². The number of hydrogen-bond donors (Lipinski definition) is 1. The molecule has 0 aliphatic carbocycles. The fourth-order valence-corrected chi connectivity index (χ4v) is 6.32. The summed E-state index contributed by atoms with van der Waals surface area (Å²) in [6.07, 6.45) is 0.0136. The van der Waals surface area contributed by atoms with Crippen LogP contribution in [0.25, 0.3) is 11.1 Å². The van der Waals surface area contributed by atoms with Crippen molar-refractivity contribution >= 4 is 52.3 Å². The number of fused-ring (bicyclic) bond motifs is 1. The number of carbonyl (C=O) groups is 4. The summed E-state index contributed by atoms with van der Waals surface area (Å²) in [5, 5.41) is 3.32. The van der Waals surface area contributed by atoms with Crippen LogP contribution < -0.4 is 19.9 Å². The maximum atomic E-state index is 14.1. The van der Waals surface area contributed by atoms with Crippen molar-refractivity contribution in [3.05, 3.63) is 107 Å². The molecule has 49 heavy (non-hydrogen) atoms. The maximum absolute atomic E-state index is 14.1. The lowest BCUT2D eigenvalue weighted by molar-refractivity contribution is -0.132. The molecular weight excluding hydrogens is 642 g/mol. The Morgan fingerprint density at radius 2 is 1.59 bits per heavy atom. The molecule has 0 unspecified atom stereocenters. The van der Waals surface area contributed by atoms with Gasteiger partial charge >= 0.3 is 0 Å². The van der Waals surface area contributed by atoms with E-state index in [0.29, 0.717) is 52.1 Å². The highest BCUT2D eigenvalue weighted by Gasteiger charge is 2.33. The lowest BCUT2D eigenvalue weighted by Crippen LogP contribution is -2.50. The van der Waals surface area contributed by atoms with E-state index in [1.165, 1.54) is 16.9 Å². The first-order chi connectivity index (χ1) is 23.6. The summed E-state index contributed by atoms with van der Waals surface area (Å²) >= 11 is 6.39. The third-order valence-corrected chi connectivity index (χ3v) is 9.23. The van der Waals surface area contributed by atoms with Crippen LogP contribution in [0.1, 0.15) is 32.7 Å². The SMILES string of the molecule is COc1cc(C(=O)N2CCC(=O)N(CC(=O)N3CCN(C)CC3)c3cc(Cl)ccc32)ccc1NC(=O)c1ccccc1-c1ccc(C)cc1. The first kappa shape index (κ1) is 33.7. The lowest BCUT2D eigenvalue weighted by Gasteiger charge is -2.34. The summed E-state index contributed by atoms with van der Waals surface area (Å²) in [7, 11) is 3.48. The quantitative estimate of drug-likeness (QED) is 0.268. The van der Waals surface area contributed by atoms with Gasteiger partial charge in [-0.25, -0.2) is 0 Å². The average molecular weight is 680 g/mol. The maximum Gasteiger partial charge on any atom is 0.258 e. The molecule has 0 spiro atoms. The second kappa shape index (κ2) is 14.5. The van der Waals surface area contributed by atoms with Gasteiger partial charge in [0.1, 0.15) is 12.3 Å². The van der Waals surface area contributed by atoms with Gasteiger partial charge in [-0.1, -0.05) is 59.6 Å². The smallest absolute Gasteiger partial charge is 0.258 e. The molecule has 2 aliphatic rings. The molecule has 252 valence electrons. The monoisotopic (exact) mass is 679 g/mol. The molecule has 6 rings (SSSR count). The molecule has 2 aliphatic heterocycles. The first-order valence-corrected chi connectivity index (χ1v) is 16.5. The number of piperazine rings is 1. The Bertz CT molecular complexity index is 1910. The average Bonchev–Trinajstić information content (AvgIpc) is 3.24. The van der Waals surface area contributed by atoms with Crippen LogP contribution in [0.5, 0.6) is 5.75 Å². The van der Waals surface area contributed by atoms with E-state index in [-0.39, 0.29) is 43.1 Å². The zero-order valence-electron chi connectivity index (χ0n) is 27.7. The normalized spacial score (nSPS) is 15.0. The Morgan fingerprint density at radius 1 is 0.857 bits per heavy atom. The van der Waals surface area contributed by atoms with Gasteiger partial charge in [-0.15, -0.1) is 0 Å². The minimum atomic E-state index is -0.371. The van der Waals surface area contributed by atoms with E-state index >= 15 is 0 Å². The number of nitrogens with zero attached hydrogens (tertiary/aromatic N) is 4. The number of anilines is 3. The van der Waals surface area contributed by atoms with Crippen molar-refractivity contribution in [2.75, 3.05) is 68.5 Å². The van der Waals surface area contributed by atoms with Crippen LogP contribution in [0, 0.1) is 6.92 Å². The Balaban J connectivity index is 1.25. The molecule has 1 N–H and O–H groups in total. The highest BCUT2D eigenvalue weighted by atomic mass is 35.5. The summed E-state index contributed by atoms with van der Waals surface area (Å²) < 4.78 is 5.63. The highest BCUT2D eigenvalue weighted by molar-refractivity contribution is 6.31. The molecule has 0 aromatic heterocycles. The van der Waals surface area contributed by atoms with Crippen molar-refractivity contribution < 1.29 is 23.9 Å². The van der Waals surface area contributed by atoms with Crippen molar-refractivity contribution in [3.63, 3.8) is 0 Å². The number of ether oxygens (including phenoxy) is 1. The number of amides is 4. The number of rotatable bonds is 7. The number of halogens is 1. The molecule has 2 heterocycles. The lowest BCUT2D eigenvalue weighted by atomic mass is 9.98. The number of aryl methyl sites for hydroxylation is 1. The topological polar surface area (TPSA) is 102 Å². The number of likely N-dealkylation sites (N-methyl/N-ethyl adjacent to an activating group) is 1. The van der Waals surface area contributed by atoms with E-state index in [0.717, 1.165) is 29.8 Å². The van der Waals surface area contributed by atoms with Gasteiger partial charge in [0.2, 0.25) is 11.8 Å². The molecule has 1 saturated heterocycles. The number of hydrogen-bond acceptors (Lipinski definition) is 6. The molecule has 4 aromatic carbocycles. The Labute approximate surface area is 290 Å². The molecule has 4 aromatic rings. The first-order valence-electron chi connectivity index (χ1n) is 16.2. The van der Waals surface area contributed by atoms with Crippen molar-refractivity contribution in [3.8, 4) is 16.9 Å². The summed E-state index contributed by atoms with van der Waals surface area (Å²) in [4.78, 5) is 61.3. The van der Waals surface area contributed by atoms with Crippen LogP contribution in [-0.2, 0) is 9.59 Å². The van der Waals surface area contributed by atoms with Gasteiger partial charge in [-0.2, -0.15) is 0 Å². The highest BCUT2D eigenvalue weighted by Crippen LogP contribution is 2.37. The van der Waals surface area contributed by atoms with Crippen LogP contribution in [0.4, 0.5) is 17.1 Å². The predicted molar refractivity (Wildman–Crippen MR) is 192 cm³/mol. The third-order valence-electron chi connectivity index (χ3n) is 8.99. The van der Waals surface area contributed by atoms with Crippen LogP contribution in [-0.4, -0.2) is 86.9 Å². The Kier molecular flexibility index (Phi) is 9.98. The second-order valence-electron chi connectivity index (χ2n) is 12.3. The zero-order chi connectivity index (χ0) is 34.7. The third kappa shape index (κ3) is 7.30. The van der Waals surface area contributed by atoms with Crippen LogP contribution >= 0.6 is 11.6 Å². The minimum Gasteiger partial charge on any atom is -0.495 e. The summed E-state index contributed by atoms with van der Waals surface area (Å²) in [5.41, 5.74) is 4.89. The molecule has 4 amide bonds. The van der Waals surface area contributed by atoms with E-state index in [1.807, 2.05) is 56.4 Å². The van der Waals surface area contributed by atoms with Gasteiger partial charge in [0, 0.05) is 55.3 Å². The Morgan fingerprint density at radius 3 is 2.33 bits per heavy atom. The largest absolute Gasteiger partial charge is 0.495 e. The molecule has 11 heteroatoms. The standard InChI is InChI=1S/C38H38ClN5O5/c1-25-8-10-26(11-9-25)29-6-4-5-7-30(29)37(47)40-31-14-12-27(22-34(31)49-3)38(48)43-17-16-35(45)44(33-23-28(39)13-15-32(33)43)24-36(46)42-20-18-41(2)19-21-42/h4-15,22-23H,16-21,24H2,1-3H3,(H,40,47). The van der Waals surface area contributed by atoms with Crippen LogP contribution in [0.2, 0.25) is 5.02 Å². The van der Waals surface area contributed by atoms with Crippen molar-refractivity contribution in [1.29, 1.82) is 0 Å². The van der Waals surface area contributed by atoms with Gasteiger partial charge in [0.05, 0.1) is 24.2 Å². The number of benzene rings is 4. The molecule has 0 bridgehead atoms. The second-order valence-corrected chi connectivity index (χ2v) is 12.7. The molecule has 0 atom stereocenters. The van der Waals surface area contributed by atoms with Crippen molar-refractivity contribution in [1.82, 2.24) is 9.80 Å². The van der Waals surface area contributed by atoms with Crippen LogP contribution in [0.3, 0.4) is 0 Å². The van der Waals surface area contributed by atoms with E-state index < -0.39 is 0 Å². The molecule has 0 radical (unpaired) electrons. The summed E-state index contributed by atoms with van der Waals surface area (Å²) in [5.74, 6) is -0.825. The van der Waals surface area contributed by atoms with Gasteiger partial charge < -0.3 is 29.7 Å². The summed E-state index contributed by atoms with van der Waals surface area (Å²) in [6, 6.07) is 25.1. The Hall–Kier alpha value is -5.19.